The minimum atomic E-state index is -0.392. The van der Waals surface area contributed by atoms with Crippen LogP contribution in [0.15, 0.2) is 23.3 Å². The molecule has 0 heterocycles. The van der Waals surface area contributed by atoms with Crippen molar-refractivity contribution in [2.24, 2.45) is 17.8 Å². The van der Waals surface area contributed by atoms with Crippen molar-refractivity contribution in [2.75, 3.05) is 0 Å². The van der Waals surface area contributed by atoms with Gasteiger partial charge in [-0.05, 0) is 51.9 Å². The van der Waals surface area contributed by atoms with Gasteiger partial charge in [-0.15, -0.1) is 0 Å². The molecule has 21 heavy (non-hydrogen) atoms. The SMILES string of the molecule is CC(C)(C)OC(=O)C=C1C[C@H]2CC(CC3CCCC3)=C[C@@H]12. The smallest absolute Gasteiger partial charge is 0.331 e. The summed E-state index contributed by atoms with van der Waals surface area (Å²) < 4.78 is 5.39. The number of esters is 1. The van der Waals surface area contributed by atoms with Crippen molar-refractivity contribution < 1.29 is 9.53 Å². The molecule has 3 aliphatic carbocycles. The monoisotopic (exact) mass is 288 g/mol. The molecule has 0 aromatic carbocycles. The van der Waals surface area contributed by atoms with E-state index in [2.05, 4.69) is 6.08 Å². The first-order chi connectivity index (χ1) is 9.90. The molecule has 0 spiro atoms. The first-order valence-electron chi connectivity index (χ1n) is 8.54. The predicted molar refractivity (Wildman–Crippen MR) is 84.8 cm³/mol. The Morgan fingerprint density at radius 3 is 2.67 bits per heavy atom. The van der Waals surface area contributed by atoms with Crippen LogP contribution in [0.3, 0.4) is 0 Å². The van der Waals surface area contributed by atoms with E-state index in [9.17, 15) is 4.79 Å². The van der Waals surface area contributed by atoms with Gasteiger partial charge >= 0.3 is 5.97 Å². The van der Waals surface area contributed by atoms with Crippen molar-refractivity contribution in [1.82, 2.24) is 0 Å². The number of hydrogen-bond acceptors (Lipinski definition) is 2. The summed E-state index contributed by atoms with van der Waals surface area (Å²) in [6.45, 7) is 5.76. The molecule has 0 aromatic rings. The van der Waals surface area contributed by atoms with Crippen molar-refractivity contribution in [3.8, 4) is 0 Å². The third kappa shape index (κ3) is 3.59. The summed E-state index contributed by atoms with van der Waals surface area (Å²) in [7, 11) is 0. The molecule has 3 aliphatic rings. The molecule has 0 saturated heterocycles. The Hall–Kier alpha value is -1.05. The zero-order valence-corrected chi connectivity index (χ0v) is 13.7. The molecular weight excluding hydrogens is 260 g/mol. The van der Waals surface area contributed by atoms with E-state index >= 15 is 0 Å². The average Bonchev–Trinajstić information content (AvgIpc) is 2.94. The van der Waals surface area contributed by atoms with Gasteiger partial charge in [-0.3, -0.25) is 0 Å². The van der Waals surface area contributed by atoms with Gasteiger partial charge in [0.1, 0.15) is 5.60 Å². The summed E-state index contributed by atoms with van der Waals surface area (Å²) in [6, 6.07) is 0. The van der Waals surface area contributed by atoms with Gasteiger partial charge in [-0.25, -0.2) is 4.79 Å². The van der Waals surface area contributed by atoms with Crippen molar-refractivity contribution in [1.29, 1.82) is 0 Å². The lowest BCUT2D eigenvalue weighted by molar-refractivity contribution is -0.148. The Kier molecular flexibility index (Phi) is 3.98. The summed E-state index contributed by atoms with van der Waals surface area (Å²) in [5.41, 5.74) is 2.55. The van der Waals surface area contributed by atoms with E-state index in [1.165, 1.54) is 44.1 Å². The minimum absolute atomic E-state index is 0.173. The van der Waals surface area contributed by atoms with Crippen LogP contribution < -0.4 is 0 Å². The number of rotatable bonds is 3. The average molecular weight is 288 g/mol. The lowest BCUT2D eigenvalue weighted by Crippen LogP contribution is -2.27. The van der Waals surface area contributed by atoms with E-state index in [1.54, 1.807) is 11.6 Å². The molecule has 3 rings (SSSR count). The number of carbonyl (C=O) groups excluding carboxylic acids is 1. The fraction of sp³-hybridized carbons (Fsp3) is 0.737. The summed E-state index contributed by atoms with van der Waals surface area (Å²) in [5.74, 6) is 2.07. The normalized spacial score (nSPS) is 31.0. The van der Waals surface area contributed by atoms with Gasteiger partial charge in [0.25, 0.3) is 0 Å². The molecule has 0 unspecified atom stereocenters. The largest absolute Gasteiger partial charge is 0.457 e. The lowest BCUT2D eigenvalue weighted by Gasteiger charge is -2.34. The summed E-state index contributed by atoms with van der Waals surface area (Å²) in [4.78, 5) is 11.9. The van der Waals surface area contributed by atoms with Gasteiger partial charge in [0.2, 0.25) is 0 Å². The third-order valence-corrected chi connectivity index (χ3v) is 5.11. The quantitative estimate of drug-likeness (QED) is 0.423. The maximum atomic E-state index is 11.9. The molecule has 0 amide bonds. The highest BCUT2D eigenvalue weighted by Gasteiger charge is 2.40. The predicted octanol–water partition coefficient (Wildman–Crippen LogP) is 4.80. The zero-order chi connectivity index (χ0) is 15.0. The fourth-order valence-corrected chi connectivity index (χ4v) is 4.18. The van der Waals surface area contributed by atoms with Crippen LogP contribution in [0, 0.1) is 17.8 Å². The second-order valence-corrected chi connectivity index (χ2v) is 8.13. The van der Waals surface area contributed by atoms with Crippen molar-refractivity contribution in [3.05, 3.63) is 23.3 Å². The molecule has 0 radical (unpaired) electrons. The zero-order valence-electron chi connectivity index (χ0n) is 13.7. The Balaban J connectivity index is 1.57. The molecule has 2 nitrogen and oxygen atoms in total. The maximum absolute atomic E-state index is 11.9. The van der Waals surface area contributed by atoms with Crippen molar-refractivity contribution >= 4 is 5.97 Å². The van der Waals surface area contributed by atoms with Crippen molar-refractivity contribution in [2.45, 2.75) is 71.3 Å². The molecule has 116 valence electrons. The van der Waals surface area contributed by atoms with E-state index in [0.717, 1.165) is 18.3 Å². The minimum Gasteiger partial charge on any atom is -0.457 e. The molecule has 2 heteroatoms. The first-order valence-corrected chi connectivity index (χ1v) is 8.54. The number of carbonyl (C=O) groups is 1. The van der Waals surface area contributed by atoms with E-state index in [-0.39, 0.29) is 5.97 Å². The van der Waals surface area contributed by atoms with E-state index in [4.69, 9.17) is 4.74 Å². The van der Waals surface area contributed by atoms with Crippen LogP contribution in [0.5, 0.6) is 0 Å². The van der Waals surface area contributed by atoms with E-state index < -0.39 is 5.60 Å². The third-order valence-electron chi connectivity index (χ3n) is 5.11. The van der Waals surface area contributed by atoms with Gasteiger partial charge in [0.05, 0.1) is 0 Å². The topological polar surface area (TPSA) is 26.3 Å². The summed E-state index contributed by atoms with van der Waals surface area (Å²) >= 11 is 0. The lowest BCUT2D eigenvalue weighted by atomic mass is 9.71. The maximum Gasteiger partial charge on any atom is 0.331 e. The highest BCUT2D eigenvalue weighted by molar-refractivity contribution is 5.83. The Bertz CT molecular complexity index is 472. The number of allylic oxidation sites excluding steroid dienone is 3. The van der Waals surface area contributed by atoms with Crippen LogP contribution in [0.4, 0.5) is 0 Å². The van der Waals surface area contributed by atoms with Gasteiger partial charge in [-0.2, -0.15) is 0 Å². The van der Waals surface area contributed by atoms with Crippen LogP contribution in [-0.4, -0.2) is 11.6 Å². The Morgan fingerprint density at radius 1 is 1.29 bits per heavy atom. The Morgan fingerprint density at radius 2 is 2.00 bits per heavy atom. The second kappa shape index (κ2) is 5.62. The molecular formula is C19H28O2. The van der Waals surface area contributed by atoms with Crippen LogP contribution in [0.2, 0.25) is 0 Å². The molecule has 2 atom stereocenters. The summed E-state index contributed by atoms with van der Waals surface area (Å²) in [5, 5.41) is 0. The number of hydrogen-bond donors (Lipinski definition) is 0. The summed E-state index contributed by atoms with van der Waals surface area (Å²) in [6.07, 6.45) is 13.6. The first kappa shape index (κ1) is 14.9. The van der Waals surface area contributed by atoms with Gasteiger partial charge in [0.15, 0.2) is 0 Å². The Labute approximate surface area is 128 Å². The number of fused-ring (bicyclic) bond motifs is 1. The molecule has 0 bridgehead atoms. The highest BCUT2D eigenvalue weighted by atomic mass is 16.6. The molecule has 0 aliphatic heterocycles. The molecule has 0 N–H and O–H groups in total. The van der Waals surface area contributed by atoms with Crippen LogP contribution in [-0.2, 0) is 9.53 Å². The standard InChI is InChI=1S/C19H28O2/c1-19(2,3)21-18(20)12-16-11-15-9-14(10-17(15)16)8-13-6-4-5-7-13/h10,12-13,15,17H,4-9,11H2,1-3H3/t15-,17-/m1/s1. The second-order valence-electron chi connectivity index (χ2n) is 8.13. The van der Waals surface area contributed by atoms with Crippen LogP contribution in [0.1, 0.15) is 65.7 Å². The van der Waals surface area contributed by atoms with Gasteiger partial charge in [0, 0.05) is 12.0 Å². The fourth-order valence-electron chi connectivity index (χ4n) is 4.18. The van der Waals surface area contributed by atoms with E-state index in [1.807, 2.05) is 20.8 Å². The molecule has 0 aromatic heterocycles. The van der Waals surface area contributed by atoms with Crippen LogP contribution in [0.25, 0.3) is 0 Å². The highest BCUT2D eigenvalue weighted by Crippen LogP contribution is 2.51. The van der Waals surface area contributed by atoms with Gasteiger partial charge in [-0.1, -0.05) is 42.9 Å². The van der Waals surface area contributed by atoms with Crippen molar-refractivity contribution in [3.63, 3.8) is 0 Å². The van der Waals surface area contributed by atoms with Gasteiger partial charge < -0.3 is 4.74 Å². The van der Waals surface area contributed by atoms with Crippen LogP contribution >= 0.6 is 0 Å². The molecule has 2 saturated carbocycles. The number of ether oxygens (including phenoxy) is 1. The molecule has 2 fully saturated rings. The van der Waals surface area contributed by atoms with E-state index in [0.29, 0.717) is 5.92 Å².